The number of carbonyl (C=O) groups is 5. The average molecular weight is 665 g/mol. The average Bonchev–Trinajstić information content (AvgIpc) is 3.50. The third-order valence-electron chi connectivity index (χ3n) is 9.21. The van der Waals surface area contributed by atoms with Crippen LogP contribution in [0.1, 0.15) is 74.6 Å². The van der Waals surface area contributed by atoms with Crippen molar-refractivity contribution in [1.82, 2.24) is 20.9 Å². The number of azide groups is 1. The summed E-state index contributed by atoms with van der Waals surface area (Å²) in [7, 11) is 0. The van der Waals surface area contributed by atoms with E-state index in [9.17, 15) is 29.1 Å². The Morgan fingerprint density at radius 1 is 1.02 bits per heavy atom. The predicted octanol–water partition coefficient (Wildman–Crippen LogP) is 2.96. The fourth-order valence-electron chi connectivity index (χ4n) is 6.68. The van der Waals surface area contributed by atoms with E-state index < -0.39 is 60.0 Å². The molecule has 1 saturated carbocycles. The summed E-state index contributed by atoms with van der Waals surface area (Å²) < 4.78 is 0. The van der Waals surface area contributed by atoms with Crippen LogP contribution < -0.4 is 21.7 Å². The number of benzene rings is 2. The number of amides is 5. The summed E-state index contributed by atoms with van der Waals surface area (Å²) in [6.45, 7) is 0.0760. The monoisotopic (exact) mass is 664 g/mol. The van der Waals surface area contributed by atoms with Crippen LogP contribution >= 0.6 is 0 Å². The van der Waals surface area contributed by atoms with Crippen molar-refractivity contribution in [2.45, 2.75) is 94.5 Å². The molecule has 5 atom stereocenters. The number of rotatable bonds is 15. The third kappa shape index (κ3) is 9.81. The third-order valence-corrected chi connectivity index (χ3v) is 9.21. The lowest BCUT2D eigenvalue weighted by molar-refractivity contribution is -0.141. The van der Waals surface area contributed by atoms with Crippen LogP contribution in [0.2, 0.25) is 0 Å². The highest BCUT2D eigenvalue weighted by Crippen LogP contribution is 2.30. The van der Waals surface area contributed by atoms with Gasteiger partial charge in [-0.25, -0.2) is 4.79 Å². The van der Waals surface area contributed by atoms with Crippen LogP contribution in [0, 0.1) is 5.92 Å². The van der Waals surface area contributed by atoms with Gasteiger partial charge in [0.15, 0.2) is 6.10 Å². The number of hydrogen-bond donors (Lipinski definition) is 6. The van der Waals surface area contributed by atoms with E-state index in [2.05, 4.69) is 26.0 Å². The summed E-state index contributed by atoms with van der Waals surface area (Å²) in [4.78, 5) is 68.4. The van der Waals surface area contributed by atoms with Gasteiger partial charge in [-0.2, -0.15) is 0 Å². The first-order chi connectivity index (χ1) is 23.1. The molecule has 15 heteroatoms. The second kappa shape index (κ2) is 17.3. The molecule has 2 aliphatic rings. The largest absolute Gasteiger partial charge is 0.465 e. The number of hydrogen-bond acceptors (Lipinski definition) is 7. The van der Waals surface area contributed by atoms with Gasteiger partial charge in [0.1, 0.15) is 12.1 Å². The number of fused-ring (bicyclic) bond motifs is 1. The van der Waals surface area contributed by atoms with Gasteiger partial charge < -0.3 is 36.8 Å². The van der Waals surface area contributed by atoms with Crippen LogP contribution in [-0.4, -0.2) is 88.2 Å². The minimum absolute atomic E-state index is 0.00167. The molecule has 2 fully saturated rings. The summed E-state index contributed by atoms with van der Waals surface area (Å²) in [5, 5.41) is 32.7. The Hall–Kier alpha value is -4.88. The number of aliphatic hydroxyl groups excluding tert-OH is 1. The Labute approximate surface area is 278 Å². The minimum atomic E-state index is -1.74. The highest BCUT2D eigenvalue weighted by Gasteiger charge is 2.43. The number of carboxylic acid groups (broad SMARTS) is 1. The zero-order valence-corrected chi connectivity index (χ0v) is 26.8. The fourth-order valence-corrected chi connectivity index (χ4v) is 6.68. The van der Waals surface area contributed by atoms with E-state index in [1.54, 1.807) is 12.1 Å². The van der Waals surface area contributed by atoms with Crippen molar-refractivity contribution in [2.24, 2.45) is 16.8 Å². The maximum absolute atomic E-state index is 14.3. The lowest BCUT2D eigenvalue weighted by Crippen LogP contribution is -2.57. The number of nitrogens with one attached hydrogen (secondary N) is 3. The molecule has 3 unspecified atom stereocenters. The lowest BCUT2D eigenvalue weighted by atomic mass is 9.84. The van der Waals surface area contributed by atoms with Gasteiger partial charge in [0.05, 0.1) is 12.1 Å². The Kier molecular flexibility index (Phi) is 13.0. The van der Waals surface area contributed by atoms with Crippen molar-refractivity contribution >= 4 is 40.5 Å². The van der Waals surface area contributed by atoms with Crippen LogP contribution in [0.15, 0.2) is 47.6 Å². The first-order valence-electron chi connectivity index (χ1n) is 16.5. The van der Waals surface area contributed by atoms with Gasteiger partial charge in [0.2, 0.25) is 17.7 Å². The van der Waals surface area contributed by atoms with Crippen LogP contribution in [-0.2, 0) is 14.4 Å². The zero-order valence-electron chi connectivity index (χ0n) is 26.8. The molecule has 1 heterocycles. The quantitative estimate of drug-likeness (QED) is 0.0719. The predicted molar refractivity (Wildman–Crippen MR) is 176 cm³/mol. The van der Waals surface area contributed by atoms with Crippen molar-refractivity contribution < 1.29 is 34.2 Å². The number of likely N-dealkylation sites (tertiary alicyclic amines) is 1. The van der Waals surface area contributed by atoms with Gasteiger partial charge in [-0.1, -0.05) is 67.6 Å². The molecule has 1 aliphatic heterocycles. The Bertz CT molecular complexity index is 1520. The van der Waals surface area contributed by atoms with Gasteiger partial charge in [0.25, 0.3) is 5.91 Å². The first-order valence-corrected chi connectivity index (χ1v) is 16.5. The molecule has 15 nitrogen and oxygen atoms in total. The second-order valence-corrected chi connectivity index (χ2v) is 12.6. The maximum Gasteiger partial charge on any atom is 0.404 e. The van der Waals surface area contributed by atoms with Crippen molar-refractivity contribution in [3.63, 3.8) is 0 Å². The fraction of sp³-hybridized carbons (Fsp3) is 0.545. The molecule has 0 aromatic heterocycles. The number of nitrogens with two attached hydrogens (primary N) is 1. The molecule has 48 heavy (non-hydrogen) atoms. The van der Waals surface area contributed by atoms with E-state index >= 15 is 0 Å². The van der Waals surface area contributed by atoms with E-state index in [0.29, 0.717) is 24.8 Å². The Balaban J connectivity index is 1.54. The maximum atomic E-state index is 14.3. The van der Waals surface area contributed by atoms with E-state index in [0.717, 1.165) is 42.9 Å². The van der Waals surface area contributed by atoms with Crippen molar-refractivity contribution in [1.29, 1.82) is 0 Å². The highest BCUT2D eigenvalue weighted by atomic mass is 16.4. The molecule has 1 saturated heterocycles. The Morgan fingerprint density at radius 2 is 1.75 bits per heavy atom. The number of nitrogens with zero attached hydrogens (tertiary/aromatic N) is 4. The van der Waals surface area contributed by atoms with Crippen LogP contribution in [0.25, 0.3) is 21.2 Å². The molecule has 7 N–H and O–H groups in total. The van der Waals surface area contributed by atoms with Gasteiger partial charge in [-0.15, -0.1) is 0 Å². The van der Waals surface area contributed by atoms with Gasteiger partial charge in [-0.05, 0) is 66.5 Å². The molecule has 1 aliphatic carbocycles. The molecule has 2 aromatic rings. The van der Waals surface area contributed by atoms with Crippen LogP contribution in [0.3, 0.4) is 0 Å². The minimum Gasteiger partial charge on any atom is -0.465 e. The summed E-state index contributed by atoms with van der Waals surface area (Å²) >= 11 is 0. The van der Waals surface area contributed by atoms with E-state index in [-0.39, 0.29) is 31.8 Å². The molecule has 0 bridgehead atoms. The van der Waals surface area contributed by atoms with Gasteiger partial charge >= 0.3 is 6.09 Å². The summed E-state index contributed by atoms with van der Waals surface area (Å²) in [5.74, 6) is -2.46. The molecular weight excluding hydrogens is 620 g/mol. The first kappa shape index (κ1) is 36.0. The lowest BCUT2D eigenvalue weighted by Gasteiger charge is -2.32. The highest BCUT2D eigenvalue weighted by molar-refractivity contribution is 6.01. The number of primary amides is 1. The second-order valence-electron chi connectivity index (χ2n) is 12.6. The van der Waals surface area contributed by atoms with Gasteiger partial charge in [0, 0.05) is 23.6 Å². The van der Waals surface area contributed by atoms with E-state index in [1.807, 2.05) is 30.3 Å². The number of carbonyl (C=O) groups excluding carboxylic acids is 4. The summed E-state index contributed by atoms with van der Waals surface area (Å²) in [5.41, 5.74) is 14.9. The normalized spacial score (nSPS) is 19.8. The number of unbranched alkanes of at least 4 members (excludes halogenated alkanes) is 1. The SMILES string of the molecule is [N-]=[N+]=N[C@H]1C[C@@H](C(=O)NC(CCCCNC(=O)O)C(O)C(N)=O)N(C(=O)C(CC2CCCCC2)NC(=O)c2ccc3ccccc3c2)C1. The van der Waals surface area contributed by atoms with Crippen molar-refractivity contribution in [2.75, 3.05) is 13.1 Å². The van der Waals surface area contributed by atoms with E-state index in [4.69, 9.17) is 16.4 Å². The van der Waals surface area contributed by atoms with Crippen LogP contribution in [0.4, 0.5) is 4.79 Å². The Morgan fingerprint density at radius 3 is 2.44 bits per heavy atom. The topological polar surface area (TPSA) is 240 Å². The molecule has 258 valence electrons. The van der Waals surface area contributed by atoms with Gasteiger partial charge in [-0.3, -0.25) is 19.2 Å². The molecule has 4 rings (SSSR count). The molecule has 5 amide bonds. The summed E-state index contributed by atoms with van der Waals surface area (Å²) in [6, 6.07) is 9.02. The molecule has 2 aromatic carbocycles. The number of aliphatic hydroxyl groups is 1. The van der Waals surface area contributed by atoms with Crippen molar-refractivity contribution in [3.05, 3.63) is 58.5 Å². The van der Waals surface area contributed by atoms with Crippen molar-refractivity contribution in [3.8, 4) is 0 Å². The summed E-state index contributed by atoms with van der Waals surface area (Å²) in [6.07, 6.45) is 3.24. The van der Waals surface area contributed by atoms with E-state index in [1.165, 1.54) is 4.90 Å². The molecular formula is C33H44N8O7. The van der Waals surface area contributed by atoms with Crippen LogP contribution in [0.5, 0.6) is 0 Å². The molecule has 0 spiro atoms. The molecule has 0 radical (unpaired) electrons. The zero-order chi connectivity index (χ0) is 34.6. The smallest absolute Gasteiger partial charge is 0.404 e. The standard InChI is InChI=1S/C33H44N8O7/c34-29(43)28(42)25(12-6-7-15-36-33(47)48)37-31(45)27-18-24(39-40-35)19-41(27)32(46)26(16-20-8-2-1-3-9-20)38-30(44)23-14-13-21-10-4-5-11-22(21)17-23/h4-5,10-11,13-14,17,20,24-28,36,42H,1-3,6-9,12,15-16,18-19H2,(H2,34,43)(H,37,45)(H,38,44)(H,47,48)/t24-,25?,26?,27-,28?/m0/s1.